The fourth-order valence-corrected chi connectivity index (χ4v) is 2.13. The molecule has 1 amide bonds. The molecule has 0 aromatic heterocycles. The maximum absolute atomic E-state index is 12.3. The molecule has 0 bridgehead atoms. The average Bonchev–Trinajstić information content (AvgIpc) is 2.64. The van der Waals surface area contributed by atoms with Gasteiger partial charge in [0.15, 0.2) is 12.9 Å². The number of ether oxygens (including phenoxy) is 2. The van der Waals surface area contributed by atoms with Crippen molar-refractivity contribution in [3.63, 3.8) is 0 Å². The molecule has 0 aliphatic heterocycles. The topological polar surface area (TPSA) is 72.9 Å². The summed E-state index contributed by atoms with van der Waals surface area (Å²) in [5.74, 6) is -0.776. The average molecular weight is 341 g/mol. The summed E-state index contributed by atoms with van der Waals surface area (Å²) in [5.41, 5.74) is 0.905. The summed E-state index contributed by atoms with van der Waals surface area (Å²) in [5, 5.41) is 0. The Morgan fingerprint density at radius 1 is 1.04 bits per heavy atom. The molecule has 0 saturated heterocycles. The van der Waals surface area contributed by atoms with Crippen LogP contribution in [0, 0.1) is 0 Å². The van der Waals surface area contributed by atoms with Gasteiger partial charge in [-0.05, 0) is 12.1 Å². The zero-order valence-electron chi connectivity index (χ0n) is 14.0. The van der Waals surface area contributed by atoms with Crippen LogP contribution in [0.2, 0.25) is 0 Å². The van der Waals surface area contributed by atoms with Crippen LogP contribution >= 0.6 is 0 Å². The lowest BCUT2D eigenvalue weighted by molar-refractivity contribution is -0.161. The van der Waals surface area contributed by atoms with Gasteiger partial charge < -0.3 is 14.4 Å². The molecule has 130 valence electrons. The molecule has 0 saturated carbocycles. The van der Waals surface area contributed by atoms with Gasteiger partial charge in [-0.2, -0.15) is 0 Å². The van der Waals surface area contributed by atoms with Crippen LogP contribution < -0.4 is 4.74 Å². The van der Waals surface area contributed by atoms with E-state index in [1.165, 1.54) is 4.90 Å². The number of hydrogen-bond acceptors (Lipinski definition) is 5. The van der Waals surface area contributed by atoms with E-state index >= 15 is 0 Å². The van der Waals surface area contributed by atoms with Crippen molar-refractivity contribution in [3.05, 3.63) is 65.7 Å². The largest absolute Gasteiger partial charge is 0.481 e. The second-order valence-electron chi connectivity index (χ2n) is 5.46. The Morgan fingerprint density at radius 3 is 2.32 bits per heavy atom. The Labute approximate surface area is 146 Å². The van der Waals surface area contributed by atoms with Crippen molar-refractivity contribution in [3.8, 4) is 5.75 Å². The summed E-state index contributed by atoms with van der Waals surface area (Å²) < 4.78 is 10.6. The van der Waals surface area contributed by atoms with Gasteiger partial charge in [0, 0.05) is 19.7 Å². The molecule has 0 heterocycles. The number of aldehydes is 1. The smallest absolute Gasteiger partial charge is 0.345 e. The lowest BCUT2D eigenvalue weighted by Gasteiger charge is -2.21. The Morgan fingerprint density at radius 2 is 1.68 bits per heavy atom. The number of esters is 1. The van der Waals surface area contributed by atoms with E-state index in [1.807, 2.05) is 6.07 Å². The molecule has 6 nitrogen and oxygen atoms in total. The molecule has 0 aliphatic rings. The zero-order valence-corrected chi connectivity index (χ0v) is 14.0. The first kappa shape index (κ1) is 18.2. The summed E-state index contributed by atoms with van der Waals surface area (Å²) in [6.45, 7) is -0.408. The fourth-order valence-electron chi connectivity index (χ4n) is 2.13. The van der Waals surface area contributed by atoms with Crippen LogP contribution in [-0.4, -0.2) is 43.8 Å². The van der Waals surface area contributed by atoms with Gasteiger partial charge in [0.2, 0.25) is 6.10 Å². The molecule has 2 aromatic rings. The second-order valence-corrected chi connectivity index (χ2v) is 5.46. The van der Waals surface area contributed by atoms with Crippen molar-refractivity contribution in [2.45, 2.75) is 6.10 Å². The van der Waals surface area contributed by atoms with Crippen molar-refractivity contribution in [1.82, 2.24) is 4.90 Å². The molecule has 0 unspecified atom stereocenters. The van der Waals surface area contributed by atoms with E-state index in [4.69, 9.17) is 9.47 Å². The number of para-hydroxylation sites is 1. The van der Waals surface area contributed by atoms with Crippen molar-refractivity contribution in [1.29, 1.82) is 0 Å². The van der Waals surface area contributed by atoms with Gasteiger partial charge in [-0.25, -0.2) is 4.79 Å². The third kappa shape index (κ3) is 4.91. The zero-order chi connectivity index (χ0) is 18.2. The minimum absolute atomic E-state index is 0.282. The highest BCUT2D eigenvalue weighted by Gasteiger charge is 2.26. The van der Waals surface area contributed by atoms with E-state index in [9.17, 15) is 14.4 Å². The highest BCUT2D eigenvalue weighted by Crippen LogP contribution is 2.20. The number of carbonyl (C=O) groups is 3. The van der Waals surface area contributed by atoms with E-state index < -0.39 is 18.7 Å². The number of rotatable bonds is 7. The van der Waals surface area contributed by atoms with Gasteiger partial charge >= 0.3 is 5.97 Å². The molecule has 6 heteroatoms. The summed E-state index contributed by atoms with van der Waals surface area (Å²) in [6, 6.07) is 15.3. The number of amides is 1. The molecule has 2 aromatic carbocycles. The van der Waals surface area contributed by atoms with E-state index in [0.29, 0.717) is 17.4 Å². The lowest BCUT2D eigenvalue weighted by atomic mass is 10.1. The van der Waals surface area contributed by atoms with Crippen molar-refractivity contribution in [2.75, 3.05) is 20.7 Å². The quantitative estimate of drug-likeness (QED) is 0.570. The van der Waals surface area contributed by atoms with Gasteiger partial charge in [-0.3, -0.25) is 9.59 Å². The first-order valence-corrected chi connectivity index (χ1v) is 7.65. The third-order valence-corrected chi connectivity index (χ3v) is 3.41. The minimum Gasteiger partial charge on any atom is -0.481 e. The third-order valence-electron chi connectivity index (χ3n) is 3.41. The predicted molar refractivity (Wildman–Crippen MR) is 91.3 cm³/mol. The molecule has 2 rings (SSSR count). The summed E-state index contributed by atoms with van der Waals surface area (Å²) >= 11 is 0. The molecule has 0 N–H and O–H groups in total. The highest BCUT2D eigenvalue weighted by atomic mass is 16.6. The predicted octanol–water partition coefficient (Wildman–Crippen LogP) is 2.25. The number of carbonyl (C=O) groups excluding carboxylic acids is 3. The summed E-state index contributed by atoms with van der Waals surface area (Å²) in [7, 11) is 3.17. The SMILES string of the molecule is CN(C)C(=O)[C@@H](OC(=O)COc1ccccc1C=O)c1ccccc1. The number of hydrogen-bond donors (Lipinski definition) is 0. The minimum atomic E-state index is -1.05. The van der Waals surface area contributed by atoms with Crippen molar-refractivity contribution in [2.24, 2.45) is 0 Å². The van der Waals surface area contributed by atoms with Crippen LogP contribution in [0.1, 0.15) is 22.0 Å². The number of likely N-dealkylation sites (N-methyl/N-ethyl adjacent to an activating group) is 1. The maximum Gasteiger partial charge on any atom is 0.345 e. The second kappa shape index (κ2) is 8.63. The Hall–Kier alpha value is -3.15. The van der Waals surface area contributed by atoms with Gasteiger partial charge in [0.05, 0.1) is 5.56 Å². The van der Waals surface area contributed by atoms with Crippen molar-refractivity contribution >= 4 is 18.2 Å². The molecule has 0 aliphatic carbocycles. The van der Waals surface area contributed by atoms with Crippen LogP contribution in [0.4, 0.5) is 0 Å². The normalized spacial score (nSPS) is 11.3. The number of benzene rings is 2. The Balaban J connectivity index is 2.07. The Bertz CT molecular complexity index is 742. The van der Waals surface area contributed by atoms with Crippen LogP contribution in [0.25, 0.3) is 0 Å². The highest BCUT2D eigenvalue weighted by molar-refractivity contribution is 5.85. The standard InChI is InChI=1S/C19H19NO5/c1-20(2)19(23)18(14-8-4-3-5-9-14)25-17(22)13-24-16-11-7-6-10-15(16)12-21/h3-12,18H,13H2,1-2H3/t18-/m0/s1. The summed E-state index contributed by atoms with van der Waals surface area (Å²) in [4.78, 5) is 36.7. The Kier molecular flexibility index (Phi) is 6.28. The first-order valence-electron chi connectivity index (χ1n) is 7.65. The van der Waals surface area contributed by atoms with E-state index in [0.717, 1.165) is 0 Å². The van der Waals surface area contributed by atoms with Crippen LogP contribution in [0.5, 0.6) is 5.75 Å². The van der Waals surface area contributed by atoms with Gasteiger partial charge in [-0.15, -0.1) is 0 Å². The molecule has 0 spiro atoms. The van der Waals surface area contributed by atoms with E-state index in [-0.39, 0.29) is 11.7 Å². The van der Waals surface area contributed by atoms with E-state index in [2.05, 4.69) is 0 Å². The molecule has 0 radical (unpaired) electrons. The van der Waals surface area contributed by atoms with Gasteiger partial charge in [0.25, 0.3) is 5.91 Å². The van der Waals surface area contributed by atoms with Crippen LogP contribution in [0.15, 0.2) is 54.6 Å². The molecule has 25 heavy (non-hydrogen) atoms. The summed E-state index contributed by atoms with van der Waals surface area (Å²) in [6.07, 6.45) is -0.406. The molecular formula is C19H19NO5. The van der Waals surface area contributed by atoms with E-state index in [1.54, 1.807) is 62.6 Å². The lowest BCUT2D eigenvalue weighted by Crippen LogP contribution is -2.32. The number of nitrogens with zero attached hydrogens (tertiary/aromatic N) is 1. The van der Waals surface area contributed by atoms with Gasteiger partial charge in [0.1, 0.15) is 5.75 Å². The van der Waals surface area contributed by atoms with Crippen LogP contribution in [0.3, 0.4) is 0 Å². The molecule has 0 fully saturated rings. The molecule has 1 atom stereocenters. The maximum atomic E-state index is 12.3. The monoisotopic (exact) mass is 341 g/mol. The fraction of sp³-hybridized carbons (Fsp3) is 0.211. The first-order chi connectivity index (χ1) is 12.0. The molecular weight excluding hydrogens is 322 g/mol. The van der Waals surface area contributed by atoms with Crippen LogP contribution in [-0.2, 0) is 14.3 Å². The van der Waals surface area contributed by atoms with Crippen molar-refractivity contribution < 1.29 is 23.9 Å². The van der Waals surface area contributed by atoms with Gasteiger partial charge in [-0.1, -0.05) is 42.5 Å².